The van der Waals surface area contributed by atoms with Crippen LogP contribution in [0.4, 0.5) is 15.8 Å². The molecular weight excluding hydrogens is 479 g/mol. The molecule has 1 aliphatic rings. The summed E-state index contributed by atoms with van der Waals surface area (Å²) in [5, 5.41) is 14.5. The molecule has 36 heavy (non-hydrogen) atoms. The molecular formula is C28H25FN2O4S. The second kappa shape index (κ2) is 11.7. The number of anilines is 2. The average molecular weight is 505 g/mol. The van der Waals surface area contributed by atoms with E-state index in [0.29, 0.717) is 24.2 Å². The van der Waals surface area contributed by atoms with Gasteiger partial charge in [-0.3, -0.25) is 14.4 Å². The van der Waals surface area contributed by atoms with Gasteiger partial charge in [-0.05, 0) is 66.9 Å². The molecule has 2 amide bonds. The van der Waals surface area contributed by atoms with E-state index in [-0.39, 0.29) is 17.6 Å². The number of rotatable bonds is 8. The Morgan fingerprint density at radius 1 is 0.806 bits per heavy atom. The first-order chi connectivity index (χ1) is 17.4. The van der Waals surface area contributed by atoms with Crippen LogP contribution in [0, 0.1) is 17.7 Å². The van der Waals surface area contributed by atoms with Crippen LogP contribution in [-0.2, 0) is 14.4 Å². The van der Waals surface area contributed by atoms with E-state index < -0.39 is 23.1 Å². The SMILES string of the molecule is O=C(Nc1ccc(F)cc1)C(Sc1ccc(NC(=O)C2CC=CCC2C(=O)O)cc1)c1ccccc1. The molecule has 0 aliphatic heterocycles. The number of amides is 2. The normalized spacial score (nSPS) is 17.7. The first-order valence-electron chi connectivity index (χ1n) is 11.5. The van der Waals surface area contributed by atoms with E-state index in [1.54, 1.807) is 30.3 Å². The molecule has 0 spiro atoms. The molecule has 1 aliphatic carbocycles. The predicted molar refractivity (Wildman–Crippen MR) is 138 cm³/mol. The number of hydrogen-bond acceptors (Lipinski definition) is 4. The smallest absolute Gasteiger partial charge is 0.307 e. The number of halogens is 1. The van der Waals surface area contributed by atoms with Gasteiger partial charge in [0.25, 0.3) is 0 Å². The summed E-state index contributed by atoms with van der Waals surface area (Å²) in [4.78, 5) is 38.2. The van der Waals surface area contributed by atoms with Gasteiger partial charge in [0.05, 0.1) is 11.8 Å². The number of allylic oxidation sites excluding steroid dienone is 2. The molecule has 0 saturated heterocycles. The van der Waals surface area contributed by atoms with Gasteiger partial charge in [-0.2, -0.15) is 0 Å². The Labute approximate surface area is 212 Å². The van der Waals surface area contributed by atoms with E-state index in [9.17, 15) is 23.9 Å². The van der Waals surface area contributed by atoms with E-state index in [0.717, 1.165) is 10.5 Å². The molecule has 0 heterocycles. The van der Waals surface area contributed by atoms with E-state index in [4.69, 9.17) is 0 Å². The topological polar surface area (TPSA) is 95.5 Å². The fourth-order valence-corrected chi connectivity index (χ4v) is 5.03. The minimum absolute atomic E-state index is 0.250. The maximum atomic E-state index is 13.2. The molecule has 8 heteroatoms. The summed E-state index contributed by atoms with van der Waals surface area (Å²) in [6.07, 6.45) is 4.36. The second-order valence-corrected chi connectivity index (χ2v) is 9.59. The number of carbonyl (C=O) groups excluding carboxylic acids is 2. The lowest BCUT2D eigenvalue weighted by Gasteiger charge is -2.24. The van der Waals surface area contributed by atoms with Crippen LogP contribution in [-0.4, -0.2) is 22.9 Å². The summed E-state index contributed by atoms with van der Waals surface area (Å²) in [7, 11) is 0. The van der Waals surface area contributed by atoms with E-state index in [1.165, 1.54) is 36.0 Å². The molecule has 3 unspecified atom stereocenters. The summed E-state index contributed by atoms with van der Waals surface area (Å²) in [5.41, 5.74) is 1.86. The highest BCUT2D eigenvalue weighted by atomic mass is 32.2. The van der Waals surface area contributed by atoms with Gasteiger partial charge in [-0.1, -0.05) is 42.5 Å². The van der Waals surface area contributed by atoms with Crippen molar-refractivity contribution in [3.05, 3.63) is 102 Å². The van der Waals surface area contributed by atoms with Crippen LogP contribution < -0.4 is 10.6 Å². The van der Waals surface area contributed by atoms with Crippen LogP contribution in [0.25, 0.3) is 0 Å². The van der Waals surface area contributed by atoms with E-state index >= 15 is 0 Å². The Morgan fingerprint density at radius 2 is 1.39 bits per heavy atom. The van der Waals surface area contributed by atoms with Crippen molar-refractivity contribution in [2.45, 2.75) is 23.0 Å². The van der Waals surface area contributed by atoms with Crippen molar-refractivity contribution in [1.29, 1.82) is 0 Å². The van der Waals surface area contributed by atoms with Crippen LogP contribution in [0.1, 0.15) is 23.7 Å². The molecule has 0 saturated carbocycles. The molecule has 0 radical (unpaired) electrons. The summed E-state index contributed by atoms with van der Waals surface area (Å²) in [5.74, 6) is -3.30. The Bertz CT molecular complexity index is 1250. The monoisotopic (exact) mass is 504 g/mol. The fraction of sp³-hybridized carbons (Fsp3) is 0.179. The van der Waals surface area contributed by atoms with Gasteiger partial charge in [0.15, 0.2) is 0 Å². The minimum atomic E-state index is -0.975. The Hall–Kier alpha value is -3.91. The Balaban J connectivity index is 1.46. The molecule has 0 fully saturated rings. The third-order valence-corrected chi connectivity index (χ3v) is 7.18. The molecule has 6 nitrogen and oxygen atoms in total. The lowest BCUT2D eigenvalue weighted by Crippen LogP contribution is -2.34. The van der Waals surface area contributed by atoms with Gasteiger partial charge in [0.2, 0.25) is 11.8 Å². The van der Waals surface area contributed by atoms with Crippen LogP contribution in [0.2, 0.25) is 0 Å². The molecule has 0 bridgehead atoms. The highest BCUT2D eigenvalue weighted by Gasteiger charge is 2.34. The van der Waals surface area contributed by atoms with E-state index in [1.807, 2.05) is 36.4 Å². The van der Waals surface area contributed by atoms with Crippen molar-refractivity contribution in [2.75, 3.05) is 10.6 Å². The number of benzene rings is 3. The lowest BCUT2D eigenvalue weighted by atomic mass is 9.82. The maximum absolute atomic E-state index is 13.2. The van der Waals surface area contributed by atoms with Crippen LogP contribution in [0.3, 0.4) is 0 Å². The van der Waals surface area contributed by atoms with Gasteiger partial charge < -0.3 is 15.7 Å². The minimum Gasteiger partial charge on any atom is -0.481 e. The van der Waals surface area contributed by atoms with Crippen molar-refractivity contribution in [3.63, 3.8) is 0 Å². The summed E-state index contributed by atoms with van der Waals surface area (Å²) in [6, 6.07) is 22.0. The van der Waals surface area contributed by atoms with Crippen molar-refractivity contribution in [1.82, 2.24) is 0 Å². The molecule has 4 rings (SSSR count). The van der Waals surface area contributed by atoms with Crippen molar-refractivity contribution in [3.8, 4) is 0 Å². The molecule has 3 N–H and O–H groups in total. The van der Waals surface area contributed by atoms with Gasteiger partial charge in [-0.25, -0.2) is 4.39 Å². The molecule has 184 valence electrons. The first kappa shape index (κ1) is 25.2. The number of thioether (sulfide) groups is 1. The van der Waals surface area contributed by atoms with Crippen LogP contribution >= 0.6 is 11.8 Å². The van der Waals surface area contributed by atoms with Crippen molar-refractivity contribution in [2.24, 2.45) is 11.8 Å². The predicted octanol–water partition coefficient (Wildman–Crippen LogP) is 5.90. The van der Waals surface area contributed by atoms with E-state index in [2.05, 4.69) is 10.6 Å². The standard InChI is InChI=1S/C28H25FN2O4S/c29-19-10-12-20(13-11-19)31-27(33)25(18-6-2-1-3-7-18)36-22-16-14-21(15-17-22)30-26(32)23-8-4-5-9-24(23)28(34)35/h1-7,10-17,23-25H,8-9H2,(H,30,32)(H,31,33)(H,34,35). The zero-order valence-corrected chi connectivity index (χ0v) is 20.1. The number of carbonyl (C=O) groups is 3. The zero-order chi connectivity index (χ0) is 25.5. The van der Waals surface area contributed by atoms with Crippen molar-refractivity contribution < 1.29 is 23.9 Å². The van der Waals surface area contributed by atoms with Crippen LogP contribution in [0.15, 0.2) is 95.9 Å². The van der Waals surface area contributed by atoms with Gasteiger partial charge >= 0.3 is 5.97 Å². The van der Waals surface area contributed by atoms with Crippen molar-refractivity contribution >= 4 is 40.9 Å². The number of nitrogens with one attached hydrogen (secondary N) is 2. The van der Waals surface area contributed by atoms with Crippen LogP contribution in [0.5, 0.6) is 0 Å². The summed E-state index contributed by atoms with van der Waals surface area (Å²) < 4.78 is 13.2. The Morgan fingerprint density at radius 3 is 2.03 bits per heavy atom. The number of hydrogen-bond donors (Lipinski definition) is 3. The quantitative estimate of drug-likeness (QED) is 0.262. The molecule has 3 aromatic rings. The largest absolute Gasteiger partial charge is 0.481 e. The zero-order valence-electron chi connectivity index (χ0n) is 19.3. The maximum Gasteiger partial charge on any atom is 0.307 e. The number of carboxylic acid groups (broad SMARTS) is 1. The summed E-state index contributed by atoms with van der Waals surface area (Å²) >= 11 is 1.35. The fourth-order valence-electron chi connectivity index (χ4n) is 4.01. The third-order valence-electron chi connectivity index (χ3n) is 5.91. The molecule has 3 atom stereocenters. The second-order valence-electron chi connectivity index (χ2n) is 8.41. The third kappa shape index (κ3) is 6.40. The Kier molecular flexibility index (Phi) is 8.17. The van der Waals surface area contributed by atoms with Gasteiger partial charge in [0.1, 0.15) is 11.1 Å². The van der Waals surface area contributed by atoms with Gasteiger partial charge in [0, 0.05) is 16.3 Å². The molecule has 3 aromatic carbocycles. The highest BCUT2D eigenvalue weighted by Crippen LogP contribution is 2.37. The molecule has 0 aromatic heterocycles. The highest BCUT2D eigenvalue weighted by molar-refractivity contribution is 8.00. The van der Waals surface area contributed by atoms with Gasteiger partial charge in [-0.15, -0.1) is 11.8 Å². The lowest BCUT2D eigenvalue weighted by molar-refractivity contribution is -0.146. The average Bonchev–Trinajstić information content (AvgIpc) is 2.90. The number of aliphatic carboxylic acids is 1. The first-order valence-corrected chi connectivity index (χ1v) is 12.4. The number of carboxylic acids is 1. The summed E-state index contributed by atoms with van der Waals surface area (Å²) in [6.45, 7) is 0.